The highest BCUT2D eigenvalue weighted by molar-refractivity contribution is 4.87. The van der Waals surface area contributed by atoms with Crippen LogP contribution in [0.2, 0.25) is 0 Å². The van der Waals surface area contributed by atoms with E-state index in [2.05, 4.69) is 4.98 Å². The summed E-state index contributed by atoms with van der Waals surface area (Å²) in [7, 11) is 0. The number of alkyl halides is 6. The number of unbranched alkanes of at least 4 members (excludes halogenated alkanes) is 5. The molecule has 8 heteroatoms. The van der Waals surface area contributed by atoms with Crippen LogP contribution in [0.1, 0.15) is 51.9 Å². The van der Waals surface area contributed by atoms with Crippen LogP contribution in [0.25, 0.3) is 0 Å². The van der Waals surface area contributed by atoms with Crippen LogP contribution in [0.3, 0.4) is 0 Å². The molecule has 1 atom stereocenters. The van der Waals surface area contributed by atoms with Crippen molar-refractivity contribution in [3.8, 4) is 0 Å². The van der Waals surface area contributed by atoms with Crippen molar-refractivity contribution in [2.75, 3.05) is 0 Å². The monoisotopic (exact) mass is 331 g/mol. The highest BCUT2D eigenvalue weighted by atomic mass is 19.4. The number of nitrogens with zero attached hydrogens (tertiary/aromatic N) is 1. The van der Waals surface area contributed by atoms with E-state index in [1.165, 1.54) is 0 Å². The summed E-state index contributed by atoms with van der Waals surface area (Å²) in [6.45, 7) is 2.00. The second kappa shape index (κ2) is 7.37. The Morgan fingerprint density at radius 1 is 0.909 bits per heavy atom. The molecule has 0 saturated heterocycles. The van der Waals surface area contributed by atoms with E-state index in [-0.39, 0.29) is 11.0 Å². The number of H-pyrrole nitrogens is 1. The second-order valence-electron chi connectivity index (χ2n) is 5.37. The fourth-order valence-corrected chi connectivity index (χ4v) is 2.32. The van der Waals surface area contributed by atoms with E-state index in [9.17, 15) is 26.3 Å². The first-order chi connectivity index (χ1) is 10.2. The molecule has 2 nitrogen and oxygen atoms in total. The number of rotatable bonds is 9. The maximum atomic E-state index is 14.7. The van der Waals surface area contributed by atoms with Crippen LogP contribution in [0.15, 0.2) is 18.7 Å². The van der Waals surface area contributed by atoms with Gasteiger partial charge in [-0.25, -0.2) is 0 Å². The van der Waals surface area contributed by atoms with Gasteiger partial charge in [0, 0.05) is 6.42 Å². The van der Waals surface area contributed by atoms with E-state index in [0.29, 0.717) is 12.8 Å². The van der Waals surface area contributed by atoms with Gasteiger partial charge in [0.05, 0.1) is 0 Å². The van der Waals surface area contributed by atoms with Crippen molar-refractivity contribution in [3.05, 3.63) is 18.7 Å². The Balaban J connectivity index is 2.82. The van der Waals surface area contributed by atoms with Crippen LogP contribution in [-0.4, -0.2) is 17.1 Å². The summed E-state index contributed by atoms with van der Waals surface area (Å²) in [5.74, 6) is -9.29. The van der Waals surface area contributed by atoms with Gasteiger partial charge in [0.15, 0.2) is 0 Å². The number of hydrogen-bond donors (Lipinski definition) is 1. The first-order valence-corrected chi connectivity index (χ1v) is 7.35. The predicted molar refractivity (Wildman–Crippen MR) is 69.1 cm³/mol. The zero-order valence-corrected chi connectivity index (χ0v) is 12.4. The fraction of sp³-hybridized carbons (Fsp3) is 0.786. The SMILES string of the molecule is CCCCCCCCC(F)([n+]1cc[nH]c1)C(F)(F)C(F)(F)F. The molecule has 128 valence electrons. The molecule has 1 heterocycles. The summed E-state index contributed by atoms with van der Waals surface area (Å²) in [6.07, 6.45) is -0.237. The number of imidazole rings is 1. The molecule has 0 aromatic carbocycles. The lowest BCUT2D eigenvalue weighted by molar-refractivity contribution is -0.820. The maximum Gasteiger partial charge on any atom is 0.461 e. The van der Waals surface area contributed by atoms with Crippen molar-refractivity contribution in [2.45, 2.75) is 69.8 Å². The number of hydrogen-bond acceptors (Lipinski definition) is 0. The van der Waals surface area contributed by atoms with Crippen molar-refractivity contribution in [3.63, 3.8) is 0 Å². The zero-order valence-electron chi connectivity index (χ0n) is 12.4. The lowest BCUT2D eigenvalue weighted by Crippen LogP contribution is -2.67. The Morgan fingerprint density at radius 2 is 1.50 bits per heavy atom. The van der Waals surface area contributed by atoms with Crippen LogP contribution in [0.5, 0.6) is 0 Å². The molecule has 0 aliphatic carbocycles. The summed E-state index contributed by atoms with van der Waals surface area (Å²) in [6, 6.07) is 0. The highest BCUT2D eigenvalue weighted by Crippen LogP contribution is 2.48. The van der Waals surface area contributed by atoms with E-state index < -0.39 is 24.3 Å². The molecule has 0 amide bonds. The lowest BCUT2D eigenvalue weighted by atomic mass is 9.97. The Hall–Kier alpha value is -1.21. The van der Waals surface area contributed by atoms with Crippen molar-refractivity contribution in [1.29, 1.82) is 0 Å². The smallest absolute Gasteiger partial charge is 0.250 e. The summed E-state index contributed by atoms with van der Waals surface area (Å²) >= 11 is 0. The Kier molecular flexibility index (Phi) is 6.31. The van der Waals surface area contributed by atoms with Crippen LogP contribution in [0, 0.1) is 0 Å². The van der Waals surface area contributed by atoms with Crippen LogP contribution in [0.4, 0.5) is 26.3 Å². The van der Waals surface area contributed by atoms with E-state index in [1.54, 1.807) is 0 Å². The number of aromatic amines is 1. The van der Waals surface area contributed by atoms with E-state index in [1.807, 2.05) is 6.92 Å². The fourth-order valence-electron chi connectivity index (χ4n) is 2.32. The Bertz CT molecular complexity index is 429. The molecular formula is C14H21F6N2+. The van der Waals surface area contributed by atoms with E-state index >= 15 is 0 Å². The average molecular weight is 331 g/mol. The molecular weight excluding hydrogens is 310 g/mol. The van der Waals surface area contributed by atoms with Gasteiger partial charge in [-0.3, -0.25) is 4.98 Å². The molecule has 0 spiro atoms. The summed E-state index contributed by atoms with van der Waals surface area (Å²) in [4.78, 5) is 2.30. The van der Waals surface area contributed by atoms with Crippen LogP contribution < -0.4 is 4.57 Å². The van der Waals surface area contributed by atoms with Crippen molar-refractivity contribution >= 4 is 0 Å². The van der Waals surface area contributed by atoms with Gasteiger partial charge in [0.2, 0.25) is 6.33 Å². The average Bonchev–Trinajstić information content (AvgIpc) is 2.95. The molecule has 1 aromatic rings. The highest BCUT2D eigenvalue weighted by Gasteiger charge is 2.74. The third kappa shape index (κ3) is 3.95. The molecule has 0 aliphatic rings. The summed E-state index contributed by atoms with van der Waals surface area (Å²) in [5.41, 5.74) is 0. The molecule has 1 rings (SSSR count). The van der Waals surface area contributed by atoms with Gasteiger partial charge in [-0.2, -0.15) is 30.9 Å². The van der Waals surface area contributed by atoms with Crippen molar-refractivity contribution in [2.24, 2.45) is 0 Å². The normalized spacial score (nSPS) is 15.8. The molecule has 1 N–H and O–H groups in total. The molecule has 0 saturated carbocycles. The molecule has 22 heavy (non-hydrogen) atoms. The molecule has 1 unspecified atom stereocenters. The van der Waals surface area contributed by atoms with Gasteiger partial charge >= 0.3 is 17.9 Å². The minimum Gasteiger partial charge on any atom is -0.250 e. The quantitative estimate of drug-likeness (QED) is 0.378. The molecule has 0 radical (unpaired) electrons. The number of halogens is 6. The summed E-state index contributed by atoms with van der Waals surface area (Å²) < 4.78 is 80.0. The van der Waals surface area contributed by atoms with Crippen molar-refractivity contribution in [1.82, 2.24) is 4.98 Å². The second-order valence-corrected chi connectivity index (χ2v) is 5.37. The van der Waals surface area contributed by atoms with Gasteiger partial charge in [-0.15, -0.1) is 0 Å². The van der Waals surface area contributed by atoms with Gasteiger partial charge < -0.3 is 0 Å². The largest absolute Gasteiger partial charge is 0.461 e. The molecule has 1 aromatic heterocycles. The number of nitrogens with one attached hydrogen (secondary N) is 1. The number of aromatic nitrogens is 2. The van der Waals surface area contributed by atoms with Crippen LogP contribution in [-0.2, 0) is 5.79 Å². The first kappa shape index (κ1) is 18.8. The van der Waals surface area contributed by atoms with Gasteiger partial charge in [0.1, 0.15) is 12.4 Å². The minimum atomic E-state index is -5.95. The molecule has 0 aliphatic heterocycles. The van der Waals surface area contributed by atoms with Gasteiger partial charge in [-0.05, 0) is 6.42 Å². The summed E-state index contributed by atoms with van der Waals surface area (Å²) in [5, 5.41) is 0. The Labute approximate surface area is 125 Å². The molecule has 0 fully saturated rings. The standard InChI is InChI=1S/C14H20F6N2/c1-2-3-4-5-6-7-8-12(15,22-10-9-21-11-22)13(16,17)14(18,19)20/h9-11H,2-8H2,1H3/p+1. The van der Waals surface area contributed by atoms with E-state index in [4.69, 9.17) is 0 Å². The zero-order chi connectivity index (χ0) is 16.9. The predicted octanol–water partition coefficient (Wildman–Crippen LogP) is 4.87. The molecule has 0 bridgehead atoms. The van der Waals surface area contributed by atoms with Gasteiger partial charge in [-0.1, -0.05) is 39.0 Å². The van der Waals surface area contributed by atoms with Gasteiger partial charge in [0.25, 0.3) is 0 Å². The third-order valence-electron chi connectivity index (χ3n) is 3.65. The third-order valence-corrected chi connectivity index (χ3v) is 3.65. The minimum absolute atomic E-state index is 0.0376. The topological polar surface area (TPSA) is 19.7 Å². The maximum absolute atomic E-state index is 14.7. The van der Waals surface area contributed by atoms with Crippen LogP contribution >= 0.6 is 0 Å². The first-order valence-electron chi connectivity index (χ1n) is 7.35. The lowest BCUT2D eigenvalue weighted by Gasteiger charge is -2.31. The van der Waals surface area contributed by atoms with E-state index in [0.717, 1.165) is 38.0 Å². The van der Waals surface area contributed by atoms with Crippen molar-refractivity contribution < 1.29 is 30.9 Å². The Morgan fingerprint density at radius 3 is 2.00 bits per heavy atom.